The average molecular weight is 290 g/mol. The van der Waals surface area contributed by atoms with Crippen LogP contribution in [0.25, 0.3) is 0 Å². The Morgan fingerprint density at radius 3 is 2.48 bits per heavy atom. The molecule has 1 aromatic carbocycles. The normalized spacial score (nSPS) is 13.2. The third kappa shape index (κ3) is 6.21. The van der Waals surface area contributed by atoms with Gasteiger partial charge in [-0.3, -0.25) is 9.59 Å². The number of carbonyl (C=O) groups is 3. The van der Waals surface area contributed by atoms with Crippen molar-refractivity contribution in [1.29, 1.82) is 0 Å². The first-order chi connectivity index (χ1) is 10.1. The van der Waals surface area contributed by atoms with Gasteiger partial charge in [-0.25, -0.2) is 0 Å². The van der Waals surface area contributed by atoms with Crippen molar-refractivity contribution in [3.63, 3.8) is 0 Å². The number of rotatable bonds is 9. The first kappa shape index (κ1) is 16.9. The summed E-state index contributed by atoms with van der Waals surface area (Å²) >= 11 is 0. The second kappa shape index (κ2) is 8.89. The van der Waals surface area contributed by atoms with Crippen molar-refractivity contribution in [2.45, 2.75) is 38.6 Å². The zero-order chi connectivity index (χ0) is 15.7. The standard InChI is InChI=1S/C16H22N2O3/c1-2-6-13(16(17)21)10-15(20)18-14(11-19)9-12-7-4-3-5-8-12/h3-5,7-8,11,13-14H,2,6,9-10H2,1H3,(H2,17,21)(H,18,20)/t13?,14-/m1/s1. The second-order valence-electron chi connectivity index (χ2n) is 5.09. The molecule has 114 valence electrons. The van der Waals surface area contributed by atoms with Crippen LogP contribution in [0.1, 0.15) is 31.7 Å². The van der Waals surface area contributed by atoms with Gasteiger partial charge >= 0.3 is 0 Å². The van der Waals surface area contributed by atoms with Crippen LogP contribution >= 0.6 is 0 Å². The van der Waals surface area contributed by atoms with Crippen molar-refractivity contribution in [1.82, 2.24) is 5.32 Å². The number of nitrogens with two attached hydrogens (primary N) is 1. The molecular formula is C16H22N2O3. The van der Waals surface area contributed by atoms with Crippen molar-refractivity contribution in [3.05, 3.63) is 35.9 Å². The molecule has 3 N–H and O–H groups in total. The molecule has 0 saturated heterocycles. The molecule has 0 aromatic heterocycles. The van der Waals surface area contributed by atoms with Crippen LogP contribution in [-0.4, -0.2) is 24.1 Å². The van der Waals surface area contributed by atoms with E-state index in [0.717, 1.165) is 12.0 Å². The number of aldehydes is 1. The van der Waals surface area contributed by atoms with Crippen LogP contribution in [0.2, 0.25) is 0 Å². The van der Waals surface area contributed by atoms with E-state index in [1.807, 2.05) is 37.3 Å². The highest BCUT2D eigenvalue weighted by atomic mass is 16.2. The minimum atomic E-state index is -0.588. The highest BCUT2D eigenvalue weighted by molar-refractivity contribution is 5.86. The number of hydrogen-bond acceptors (Lipinski definition) is 3. The molecule has 0 aliphatic rings. The van der Waals surface area contributed by atoms with Gasteiger partial charge in [0.2, 0.25) is 11.8 Å². The predicted molar refractivity (Wildman–Crippen MR) is 80.4 cm³/mol. The summed E-state index contributed by atoms with van der Waals surface area (Å²) in [6, 6.07) is 8.85. The lowest BCUT2D eigenvalue weighted by molar-refractivity contribution is -0.129. The fourth-order valence-electron chi connectivity index (χ4n) is 2.18. The van der Waals surface area contributed by atoms with E-state index in [9.17, 15) is 14.4 Å². The third-order valence-electron chi connectivity index (χ3n) is 3.28. The average Bonchev–Trinajstić information content (AvgIpc) is 2.47. The van der Waals surface area contributed by atoms with E-state index in [1.54, 1.807) is 0 Å². The van der Waals surface area contributed by atoms with Crippen molar-refractivity contribution < 1.29 is 14.4 Å². The first-order valence-electron chi connectivity index (χ1n) is 7.14. The van der Waals surface area contributed by atoms with Gasteiger partial charge in [0.25, 0.3) is 0 Å². The molecule has 0 radical (unpaired) electrons. The summed E-state index contributed by atoms with van der Waals surface area (Å²) < 4.78 is 0. The summed E-state index contributed by atoms with van der Waals surface area (Å²) in [6.45, 7) is 1.93. The quantitative estimate of drug-likeness (QED) is 0.670. The molecule has 0 heterocycles. The van der Waals surface area contributed by atoms with E-state index < -0.39 is 17.9 Å². The van der Waals surface area contributed by atoms with Crippen LogP contribution < -0.4 is 11.1 Å². The van der Waals surface area contributed by atoms with Gasteiger partial charge in [-0.05, 0) is 18.4 Å². The van der Waals surface area contributed by atoms with Crippen LogP contribution in [0.5, 0.6) is 0 Å². The molecule has 1 unspecified atom stereocenters. The molecule has 2 atom stereocenters. The second-order valence-corrected chi connectivity index (χ2v) is 5.09. The lowest BCUT2D eigenvalue weighted by atomic mass is 9.98. The van der Waals surface area contributed by atoms with Crippen LogP contribution in [0.3, 0.4) is 0 Å². The van der Waals surface area contributed by atoms with Gasteiger partial charge in [-0.1, -0.05) is 43.7 Å². The summed E-state index contributed by atoms with van der Waals surface area (Å²) in [5.41, 5.74) is 6.24. The van der Waals surface area contributed by atoms with Crippen molar-refractivity contribution in [3.8, 4) is 0 Å². The number of amides is 2. The van der Waals surface area contributed by atoms with Gasteiger partial charge in [-0.2, -0.15) is 0 Å². The molecule has 0 fully saturated rings. The van der Waals surface area contributed by atoms with E-state index in [1.165, 1.54) is 0 Å². The summed E-state index contributed by atoms with van der Waals surface area (Å²) in [5, 5.41) is 2.64. The van der Waals surface area contributed by atoms with Crippen molar-refractivity contribution in [2.75, 3.05) is 0 Å². The summed E-state index contributed by atoms with van der Waals surface area (Å²) in [6.07, 6.45) is 2.53. The van der Waals surface area contributed by atoms with Gasteiger partial charge in [0, 0.05) is 12.3 Å². The van der Waals surface area contributed by atoms with Gasteiger partial charge in [0.05, 0.1) is 6.04 Å². The highest BCUT2D eigenvalue weighted by Crippen LogP contribution is 2.11. The number of benzene rings is 1. The lowest BCUT2D eigenvalue weighted by Gasteiger charge is -2.16. The van der Waals surface area contributed by atoms with Gasteiger partial charge in [-0.15, -0.1) is 0 Å². The van der Waals surface area contributed by atoms with Crippen molar-refractivity contribution in [2.24, 2.45) is 11.7 Å². The smallest absolute Gasteiger partial charge is 0.221 e. The number of primary amides is 1. The summed E-state index contributed by atoms with van der Waals surface area (Å²) in [5.74, 6) is -1.27. The molecule has 0 saturated carbocycles. The Labute approximate surface area is 124 Å². The molecule has 0 aliphatic carbocycles. The summed E-state index contributed by atoms with van der Waals surface area (Å²) in [4.78, 5) is 34.2. The number of nitrogens with one attached hydrogen (secondary N) is 1. The fraction of sp³-hybridized carbons (Fsp3) is 0.438. The van der Waals surface area contributed by atoms with Gasteiger partial charge in [0.15, 0.2) is 0 Å². The molecular weight excluding hydrogens is 268 g/mol. The van der Waals surface area contributed by atoms with Gasteiger partial charge in [0.1, 0.15) is 6.29 Å². The molecule has 0 bridgehead atoms. The van der Waals surface area contributed by atoms with Crippen molar-refractivity contribution >= 4 is 18.1 Å². The largest absolute Gasteiger partial charge is 0.369 e. The molecule has 5 heteroatoms. The molecule has 21 heavy (non-hydrogen) atoms. The van der Waals surface area contributed by atoms with E-state index in [2.05, 4.69) is 5.32 Å². The maximum absolute atomic E-state index is 11.9. The summed E-state index contributed by atoms with van der Waals surface area (Å²) in [7, 11) is 0. The highest BCUT2D eigenvalue weighted by Gasteiger charge is 2.20. The number of hydrogen-bond donors (Lipinski definition) is 2. The maximum atomic E-state index is 11.9. The Bertz CT molecular complexity index is 474. The third-order valence-corrected chi connectivity index (χ3v) is 3.28. The maximum Gasteiger partial charge on any atom is 0.221 e. The zero-order valence-corrected chi connectivity index (χ0v) is 12.2. The van der Waals surface area contributed by atoms with E-state index in [-0.39, 0.29) is 12.3 Å². The minimum absolute atomic E-state index is 0.0301. The Morgan fingerprint density at radius 2 is 1.95 bits per heavy atom. The molecule has 2 amide bonds. The Hall–Kier alpha value is -2.17. The Balaban J connectivity index is 2.54. The Kier molecular flexibility index (Phi) is 7.15. The molecule has 5 nitrogen and oxygen atoms in total. The monoisotopic (exact) mass is 290 g/mol. The minimum Gasteiger partial charge on any atom is -0.369 e. The van der Waals surface area contributed by atoms with Gasteiger partial charge < -0.3 is 15.8 Å². The van der Waals surface area contributed by atoms with Crippen LogP contribution in [0.4, 0.5) is 0 Å². The van der Waals surface area contributed by atoms with E-state index in [0.29, 0.717) is 19.1 Å². The topological polar surface area (TPSA) is 89.3 Å². The molecule has 1 rings (SSSR count). The zero-order valence-electron chi connectivity index (χ0n) is 12.2. The Morgan fingerprint density at radius 1 is 1.29 bits per heavy atom. The van der Waals surface area contributed by atoms with E-state index >= 15 is 0 Å². The molecule has 1 aromatic rings. The predicted octanol–water partition coefficient (Wildman–Crippen LogP) is 1.20. The van der Waals surface area contributed by atoms with Crippen LogP contribution in [-0.2, 0) is 20.8 Å². The number of carbonyl (C=O) groups excluding carboxylic acids is 3. The van der Waals surface area contributed by atoms with E-state index in [4.69, 9.17) is 5.73 Å². The fourth-order valence-corrected chi connectivity index (χ4v) is 2.18. The van der Waals surface area contributed by atoms with Crippen LogP contribution in [0.15, 0.2) is 30.3 Å². The molecule has 0 aliphatic heterocycles. The first-order valence-corrected chi connectivity index (χ1v) is 7.14. The lowest BCUT2D eigenvalue weighted by Crippen LogP contribution is -2.39. The van der Waals surface area contributed by atoms with Crippen LogP contribution in [0, 0.1) is 5.92 Å². The SMILES string of the molecule is CCCC(CC(=O)N[C@@H](C=O)Cc1ccccc1)C(N)=O. The molecule has 0 spiro atoms.